The quantitative estimate of drug-likeness (QED) is 0.464. The van der Waals surface area contributed by atoms with Crippen LogP contribution in [0.2, 0.25) is 0 Å². The normalized spacial score (nSPS) is 14.6. The molecule has 0 saturated carbocycles. The van der Waals surface area contributed by atoms with Crippen molar-refractivity contribution in [2.24, 2.45) is 0 Å². The van der Waals surface area contributed by atoms with Gasteiger partial charge in [0.15, 0.2) is 0 Å². The number of benzene rings is 2. The van der Waals surface area contributed by atoms with Crippen molar-refractivity contribution in [2.75, 3.05) is 0 Å². The lowest BCUT2D eigenvalue weighted by Crippen LogP contribution is -2.23. The second-order valence-electron chi connectivity index (χ2n) is 13.8. The van der Waals surface area contributed by atoms with Crippen LogP contribution in [0.25, 0.3) is 0 Å². The zero-order valence-electron chi connectivity index (χ0n) is 22.7. The van der Waals surface area contributed by atoms with E-state index in [1.54, 1.807) is 5.56 Å². The van der Waals surface area contributed by atoms with Gasteiger partial charge in [-0.2, -0.15) is 0 Å². The van der Waals surface area contributed by atoms with E-state index in [-0.39, 0.29) is 21.7 Å². The molecular weight excluding hydrogens is 372 g/mol. The summed E-state index contributed by atoms with van der Waals surface area (Å²) in [6, 6.07) is 14.3. The fraction of sp³-hybridized carbons (Fsp3) is 0.613. The van der Waals surface area contributed by atoms with Gasteiger partial charge >= 0.3 is 0 Å². The van der Waals surface area contributed by atoms with Crippen molar-refractivity contribution in [2.45, 2.75) is 124 Å². The average Bonchev–Trinajstić information content (AvgIpc) is 2.57. The SMILES string of the molecule is CC(Cc1cc(C(C)(C)C)cc(C(C)(C)C)c1)c1c(C(C)(C)C)cccc1C(C)(C)C. The Hall–Kier alpha value is -1.56. The molecule has 0 radical (unpaired) electrons. The molecule has 0 heterocycles. The molecule has 172 valence electrons. The average molecular weight is 421 g/mol. The van der Waals surface area contributed by atoms with Gasteiger partial charge in [0.25, 0.3) is 0 Å². The molecule has 1 atom stereocenters. The molecule has 0 aliphatic heterocycles. The summed E-state index contributed by atoms with van der Waals surface area (Å²) >= 11 is 0. The van der Waals surface area contributed by atoms with Crippen molar-refractivity contribution >= 4 is 0 Å². The van der Waals surface area contributed by atoms with Crippen LogP contribution in [0.15, 0.2) is 36.4 Å². The van der Waals surface area contributed by atoms with Gasteiger partial charge in [-0.05, 0) is 67.4 Å². The highest BCUT2D eigenvalue weighted by molar-refractivity contribution is 5.46. The van der Waals surface area contributed by atoms with E-state index in [1.807, 2.05) is 0 Å². The van der Waals surface area contributed by atoms with Gasteiger partial charge < -0.3 is 0 Å². The van der Waals surface area contributed by atoms with Crippen molar-refractivity contribution in [3.8, 4) is 0 Å². The number of hydrogen-bond acceptors (Lipinski definition) is 0. The molecule has 31 heavy (non-hydrogen) atoms. The molecule has 0 nitrogen and oxygen atoms in total. The van der Waals surface area contributed by atoms with Crippen LogP contribution < -0.4 is 0 Å². The molecule has 0 bridgehead atoms. The molecule has 2 rings (SSSR count). The molecule has 0 amide bonds. The Bertz CT molecular complexity index is 835. The lowest BCUT2D eigenvalue weighted by Gasteiger charge is -2.33. The molecule has 0 N–H and O–H groups in total. The first kappa shape index (κ1) is 25.7. The van der Waals surface area contributed by atoms with Gasteiger partial charge in [-0.3, -0.25) is 0 Å². The maximum absolute atomic E-state index is 2.46. The summed E-state index contributed by atoms with van der Waals surface area (Å²) in [4.78, 5) is 0. The third-order valence-corrected chi connectivity index (χ3v) is 6.48. The van der Waals surface area contributed by atoms with E-state index >= 15 is 0 Å². The Morgan fingerprint density at radius 1 is 0.581 bits per heavy atom. The Morgan fingerprint density at radius 2 is 0.968 bits per heavy atom. The summed E-state index contributed by atoms with van der Waals surface area (Å²) in [5, 5.41) is 0. The zero-order valence-corrected chi connectivity index (χ0v) is 22.7. The monoisotopic (exact) mass is 420 g/mol. The van der Waals surface area contributed by atoms with Gasteiger partial charge in [0.05, 0.1) is 0 Å². The van der Waals surface area contributed by atoms with Crippen molar-refractivity contribution < 1.29 is 0 Å². The van der Waals surface area contributed by atoms with E-state index in [0.29, 0.717) is 5.92 Å². The molecule has 0 aliphatic rings. The minimum Gasteiger partial charge on any atom is -0.0617 e. The van der Waals surface area contributed by atoms with Crippen LogP contribution in [-0.4, -0.2) is 0 Å². The summed E-state index contributed by atoms with van der Waals surface area (Å²) < 4.78 is 0. The molecule has 2 aromatic carbocycles. The molecule has 0 aromatic heterocycles. The summed E-state index contributed by atoms with van der Waals surface area (Å²) in [5.41, 5.74) is 9.48. The topological polar surface area (TPSA) is 0 Å². The van der Waals surface area contributed by atoms with Crippen LogP contribution in [0.1, 0.15) is 129 Å². The van der Waals surface area contributed by atoms with E-state index < -0.39 is 0 Å². The minimum absolute atomic E-state index is 0.134. The molecule has 0 fully saturated rings. The second kappa shape index (κ2) is 8.42. The standard InChI is InChI=1S/C31H48/c1-21(27-25(30(8,9)10)15-14-16-26(27)31(11,12)13)17-22-18-23(28(2,3)4)20-24(19-22)29(5,6)7/h14-16,18-21H,17H2,1-13H3. The predicted molar refractivity (Wildman–Crippen MR) is 140 cm³/mol. The van der Waals surface area contributed by atoms with E-state index in [0.717, 1.165) is 6.42 Å². The van der Waals surface area contributed by atoms with Crippen molar-refractivity contribution in [1.82, 2.24) is 0 Å². The summed E-state index contributed by atoms with van der Waals surface area (Å²) in [5.74, 6) is 0.465. The molecule has 1 unspecified atom stereocenters. The van der Waals surface area contributed by atoms with Crippen molar-refractivity contribution in [3.63, 3.8) is 0 Å². The largest absolute Gasteiger partial charge is 0.0617 e. The van der Waals surface area contributed by atoms with Crippen molar-refractivity contribution in [1.29, 1.82) is 0 Å². The van der Waals surface area contributed by atoms with Gasteiger partial charge in [-0.1, -0.05) is 126 Å². The third-order valence-electron chi connectivity index (χ3n) is 6.48. The lowest BCUT2D eigenvalue weighted by atomic mass is 9.71. The first-order valence-electron chi connectivity index (χ1n) is 12.1. The fourth-order valence-corrected chi connectivity index (χ4v) is 4.54. The van der Waals surface area contributed by atoms with Gasteiger partial charge in [0, 0.05) is 0 Å². The summed E-state index contributed by atoms with van der Waals surface area (Å²) in [7, 11) is 0. The van der Waals surface area contributed by atoms with Gasteiger partial charge in [-0.15, -0.1) is 0 Å². The number of hydrogen-bond donors (Lipinski definition) is 0. The fourth-order valence-electron chi connectivity index (χ4n) is 4.54. The molecule has 0 aliphatic carbocycles. The highest BCUT2D eigenvalue weighted by Gasteiger charge is 2.28. The van der Waals surface area contributed by atoms with E-state index in [1.165, 1.54) is 27.8 Å². The van der Waals surface area contributed by atoms with Crippen LogP contribution in [-0.2, 0) is 28.1 Å². The summed E-state index contributed by atoms with van der Waals surface area (Å²) in [6.07, 6.45) is 1.07. The van der Waals surface area contributed by atoms with Crippen LogP contribution >= 0.6 is 0 Å². The third kappa shape index (κ3) is 6.24. The Labute approximate surface area is 193 Å². The Balaban J connectivity index is 2.64. The molecule has 0 saturated heterocycles. The van der Waals surface area contributed by atoms with Gasteiger partial charge in [0.2, 0.25) is 0 Å². The minimum atomic E-state index is 0.134. The molecular formula is C31H48. The van der Waals surface area contributed by atoms with E-state index in [4.69, 9.17) is 0 Å². The first-order chi connectivity index (χ1) is 13.8. The van der Waals surface area contributed by atoms with Gasteiger partial charge in [-0.25, -0.2) is 0 Å². The first-order valence-corrected chi connectivity index (χ1v) is 12.1. The Kier molecular flexibility index (Phi) is 6.98. The highest BCUT2D eigenvalue weighted by Crippen LogP contribution is 2.40. The van der Waals surface area contributed by atoms with Crippen molar-refractivity contribution in [3.05, 3.63) is 69.8 Å². The molecule has 2 aromatic rings. The van der Waals surface area contributed by atoms with E-state index in [2.05, 4.69) is 126 Å². The van der Waals surface area contributed by atoms with Crippen LogP contribution in [0.5, 0.6) is 0 Å². The Morgan fingerprint density at radius 3 is 1.29 bits per heavy atom. The second-order valence-corrected chi connectivity index (χ2v) is 13.8. The van der Waals surface area contributed by atoms with E-state index in [9.17, 15) is 0 Å². The lowest BCUT2D eigenvalue weighted by molar-refractivity contribution is 0.539. The molecule has 0 spiro atoms. The van der Waals surface area contributed by atoms with Gasteiger partial charge in [0.1, 0.15) is 0 Å². The molecule has 0 heteroatoms. The highest BCUT2D eigenvalue weighted by atomic mass is 14.3. The maximum Gasteiger partial charge on any atom is -0.0129 e. The van der Waals surface area contributed by atoms with Crippen LogP contribution in [0.3, 0.4) is 0 Å². The smallest absolute Gasteiger partial charge is 0.0129 e. The van der Waals surface area contributed by atoms with Crippen LogP contribution in [0, 0.1) is 0 Å². The zero-order chi connectivity index (χ0) is 24.0. The van der Waals surface area contributed by atoms with Crippen LogP contribution in [0.4, 0.5) is 0 Å². The summed E-state index contributed by atoms with van der Waals surface area (Å²) in [6.45, 7) is 30.5. The maximum atomic E-state index is 2.46. The predicted octanol–water partition coefficient (Wildman–Crippen LogP) is 9.22. The number of rotatable bonds is 3.